The number of rotatable bonds is 4. The van der Waals surface area contributed by atoms with Crippen LogP contribution >= 0.6 is 0 Å². The second-order valence-corrected chi connectivity index (χ2v) is 3.92. The van der Waals surface area contributed by atoms with Gasteiger partial charge in [0.05, 0.1) is 18.8 Å². The molecule has 1 aromatic heterocycles. The van der Waals surface area contributed by atoms with E-state index in [9.17, 15) is 4.79 Å². The molecule has 1 aromatic rings. The lowest BCUT2D eigenvalue weighted by atomic mass is 10.2. The topological polar surface area (TPSA) is 63.1 Å². The maximum atomic E-state index is 12.0. The Hall–Kier alpha value is -1.87. The number of carbonyl (C=O) groups is 1. The average molecular weight is 233 g/mol. The summed E-state index contributed by atoms with van der Waals surface area (Å²) in [5.41, 5.74) is 0.356. The highest BCUT2D eigenvalue weighted by Gasteiger charge is 2.23. The molecule has 1 amide bonds. The lowest BCUT2D eigenvalue weighted by molar-refractivity contribution is 0.0779. The molecular weight excluding hydrogens is 218 g/mol. The van der Waals surface area contributed by atoms with Gasteiger partial charge in [0.25, 0.3) is 5.91 Å². The summed E-state index contributed by atoms with van der Waals surface area (Å²) in [6.45, 7) is 4.50. The number of nitrogens with one attached hydrogen (secondary N) is 1. The van der Waals surface area contributed by atoms with Gasteiger partial charge in [-0.25, -0.2) is 4.68 Å². The number of amides is 1. The molecule has 0 atom stereocenters. The summed E-state index contributed by atoms with van der Waals surface area (Å²) >= 11 is 0. The lowest BCUT2D eigenvalue weighted by Crippen LogP contribution is -2.43. The van der Waals surface area contributed by atoms with Crippen LogP contribution in [0.4, 0.5) is 0 Å². The van der Waals surface area contributed by atoms with Crippen molar-refractivity contribution in [3.63, 3.8) is 0 Å². The highest BCUT2D eigenvalue weighted by atomic mass is 16.2. The molecule has 0 aliphatic carbocycles. The fourth-order valence-corrected chi connectivity index (χ4v) is 1.61. The summed E-state index contributed by atoms with van der Waals surface area (Å²) < 4.78 is 1.73. The minimum atomic E-state index is -0.163. The van der Waals surface area contributed by atoms with E-state index in [4.69, 9.17) is 6.42 Å². The van der Waals surface area contributed by atoms with E-state index in [1.165, 1.54) is 0 Å². The Bertz CT molecular complexity index is 443. The van der Waals surface area contributed by atoms with Gasteiger partial charge in [0, 0.05) is 19.6 Å². The van der Waals surface area contributed by atoms with Crippen LogP contribution in [-0.2, 0) is 0 Å². The van der Waals surface area contributed by atoms with Crippen molar-refractivity contribution in [3.05, 3.63) is 11.9 Å². The van der Waals surface area contributed by atoms with Gasteiger partial charge in [-0.05, 0) is 6.92 Å². The van der Waals surface area contributed by atoms with Crippen LogP contribution < -0.4 is 5.32 Å². The molecule has 6 heteroatoms. The van der Waals surface area contributed by atoms with Gasteiger partial charge in [0.2, 0.25) is 0 Å². The summed E-state index contributed by atoms with van der Waals surface area (Å²) in [7, 11) is 0. The van der Waals surface area contributed by atoms with Crippen molar-refractivity contribution in [1.29, 1.82) is 0 Å². The van der Waals surface area contributed by atoms with Crippen LogP contribution in [0.5, 0.6) is 0 Å². The van der Waals surface area contributed by atoms with E-state index in [0.717, 1.165) is 13.1 Å². The monoisotopic (exact) mass is 233 g/mol. The summed E-state index contributed by atoms with van der Waals surface area (Å²) in [5.74, 6) is 2.30. The molecule has 0 unspecified atom stereocenters. The lowest BCUT2D eigenvalue weighted by Gasteiger charge is -2.26. The minimum absolute atomic E-state index is 0.163. The molecule has 1 aliphatic rings. The van der Waals surface area contributed by atoms with E-state index in [1.807, 2.05) is 6.92 Å². The van der Waals surface area contributed by atoms with Crippen molar-refractivity contribution in [3.8, 4) is 12.3 Å². The fraction of sp³-hybridized carbons (Fsp3) is 0.545. The third-order valence-corrected chi connectivity index (χ3v) is 2.81. The van der Waals surface area contributed by atoms with Crippen LogP contribution in [0.2, 0.25) is 0 Å². The average Bonchev–Trinajstić information content (AvgIpc) is 2.71. The third-order valence-electron chi connectivity index (χ3n) is 2.81. The van der Waals surface area contributed by atoms with Gasteiger partial charge in [-0.2, -0.15) is 0 Å². The van der Waals surface area contributed by atoms with Crippen molar-refractivity contribution < 1.29 is 4.79 Å². The fourth-order valence-electron chi connectivity index (χ4n) is 1.61. The Morgan fingerprint density at radius 1 is 1.76 bits per heavy atom. The highest BCUT2D eigenvalue weighted by Crippen LogP contribution is 2.10. The summed E-state index contributed by atoms with van der Waals surface area (Å²) in [6.07, 6.45) is 6.90. The first-order chi connectivity index (χ1) is 8.26. The standard InChI is InChI=1S/C11H15N5O/c1-3-5-15(4-2)11(17)10-8-16(14-13-10)9-6-12-7-9/h1,8-9,12H,4-7H2,2H3. The first-order valence-electron chi connectivity index (χ1n) is 5.61. The van der Waals surface area contributed by atoms with Gasteiger partial charge in [-0.15, -0.1) is 11.5 Å². The maximum absolute atomic E-state index is 12.0. The number of aromatic nitrogens is 3. The molecule has 90 valence electrons. The Kier molecular flexibility index (Phi) is 3.40. The Morgan fingerprint density at radius 2 is 2.53 bits per heavy atom. The van der Waals surface area contributed by atoms with E-state index >= 15 is 0 Å². The number of carbonyl (C=O) groups excluding carboxylic acids is 1. The molecule has 0 spiro atoms. The zero-order valence-corrected chi connectivity index (χ0v) is 9.76. The normalized spacial score (nSPS) is 15.1. The largest absolute Gasteiger partial charge is 0.326 e. The summed E-state index contributed by atoms with van der Waals surface area (Å²) in [6, 6.07) is 0.312. The van der Waals surface area contributed by atoms with Crippen LogP contribution in [0.25, 0.3) is 0 Å². The highest BCUT2D eigenvalue weighted by molar-refractivity contribution is 5.92. The van der Waals surface area contributed by atoms with Gasteiger partial charge in [0.15, 0.2) is 5.69 Å². The van der Waals surface area contributed by atoms with E-state index in [-0.39, 0.29) is 5.91 Å². The Morgan fingerprint density at radius 3 is 3.06 bits per heavy atom. The van der Waals surface area contributed by atoms with Crippen molar-refractivity contribution in [2.24, 2.45) is 0 Å². The number of hydrogen-bond acceptors (Lipinski definition) is 4. The molecule has 0 aromatic carbocycles. The molecule has 17 heavy (non-hydrogen) atoms. The van der Waals surface area contributed by atoms with Crippen molar-refractivity contribution in [1.82, 2.24) is 25.2 Å². The van der Waals surface area contributed by atoms with Crippen molar-refractivity contribution >= 4 is 5.91 Å². The zero-order chi connectivity index (χ0) is 12.3. The quantitative estimate of drug-likeness (QED) is 0.713. The van der Waals surface area contributed by atoms with Crippen LogP contribution in [0.15, 0.2) is 6.20 Å². The first-order valence-corrected chi connectivity index (χ1v) is 5.61. The van der Waals surface area contributed by atoms with E-state index in [1.54, 1.807) is 15.8 Å². The molecule has 0 saturated carbocycles. The van der Waals surface area contributed by atoms with E-state index in [2.05, 4.69) is 21.5 Å². The van der Waals surface area contributed by atoms with E-state index in [0.29, 0.717) is 24.8 Å². The second-order valence-electron chi connectivity index (χ2n) is 3.92. The molecule has 2 heterocycles. The molecule has 2 rings (SSSR count). The van der Waals surface area contributed by atoms with Gasteiger partial charge in [-0.1, -0.05) is 11.1 Å². The number of nitrogens with zero attached hydrogens (tertiary/aromatic N) is 4. The zero-order valence-electron chi connectivity index (χ0n) is 9.76. The van der Waals surface area contributed by atoms with E-state index < -0.39 is 0 Å². The molecule has 1 saturated heterocycles. The smallest absolute Gasteiger partial charge is 0.276 e. The van der Waals surface area contributed by atoms with Crippen LogP contribution in [0.1, 0.15) is 23.5 Å². The van der Waals surface area contributed by atoms with Crippen LogP contribution in [0.3, 0.4) is 0 Å². The van der Waals surface area contributed by atoms with Crippen molar-refractivity contribution in [2.45, 2.75) is 13.0 Å². The molecule has 6 nitrogen and oxygen atoms in total. The third kappa shape index (κ3) is 2.29. The molecule has 0 bridgehead atoms. The predicted molar refractivity (Wildman–Crippen MR) is 62.3 cm³/mol. The van der Waals surface area contributed by atoms with Crippen LogP contribution in [0, 0.1) is 12.3 Å². The molecule has 1 aliphatic heterocycles. The van der Waals surface area contributed by atoms with Gasteiger partial charge >= 0.3 is 0 Å². The molecule has 1 fully saturated rings. The number of terminal acetylenes is 1. The molecule has 0 radical (unpaired) electrons. The van der Waals surface area contributed by atoms with Crippen LogP contribution in [-0.4, -0.2) is 52.0 Å². The number of hydrogen-bond donors (Lipinski definition) is 1. The Balaban J connectivity index is 2.08. The predicted octanol–water partition coefficient (Wildman–Crippen LogP) is -0.482. The minimum Gasteiger partial charge on any atom is -0.326 e. The summed E-state index contributed by atoms with van der Waals surface area (Å²) in [4.78, 5) is 13.6. The van der Waals surface area contributed by atoms with Gasteiger partial charge < -0.3 is 10.2 Å². The second kappa shape index (κ2) is 4.97. The SMILES string of the molecule is C#CCN(CC)C(=O)c1cn(C2CNC2)nn1. The van der Waals surface area contributed by atoms with Gasteiger partial charge in [-0.3, -0.25) is 4.79 Å². The Labute approximate surface area is 100.0 Å². The molecule has 1 N–H and O–H groups in total. The first kappa shape index (κ1) is 11.6. The van der Waals surface area contributed by atoms with Crippen molar-refractivity contribution in [2.75, 3.05) is 26.2 Å². The molecular formula is C11H15N5O. The maximum Gasteiger partial charge on any atom is 0.276 e. The summed E-state index contributed by atoms with van der Waals surface area (Å²) in [5, 5.41) is 11.0. The van der Waals surface area contributed by atoms with Gasteiger partial charge in [0.1, 0.15) is 0 Å².